The minimum Gasteiger partial charge on any atom is -0.330 e. The molecular formula is C16H26N2. The van der Waals surface area contributed by atoms with Crippen LogP contribution in [-0.4, -0.2) is 31.1 Å². The van der Waals surface area contributed by atoms with E-state index < -0.39 is 0 Å². The molecule has 0 aliphatic carbocycles. The molecule has 0 spiro atoms. The van der Waals surface area contributed by atoms with Crippen molar-refractivity contribution in [2.75, 3.05) is 20.1 Å². The number of nitrogens with zero attached hydrogens (tertiary/aromatic N) is 1. The minimum atomic E-state index is 0.266. The zero-order valence-electron chi connectivity index (χ0n) is 11.9. The third-order valence-corrected chi connectivity index (χ3v) is 4.86. The van der Waals surface area contributed by atoms with Crippen molar-refractivity contribution in [2.45, 2.75) is 38.1 Å². The van der Waals surface area contributed by atoms with Crippen LogP contribution >= 0.6 is 0 Å². The van der Waals surface area contributed by atoms with Crippen molar-refractivity contribution in [3.63, 3.8) is 0 Å². The van der Waals surface area contributed by atoms with Gasteiger partial charge in [-0.3, -0.25) is 0 Å². The molecule has 1 aliphatic rings. The summed E-state index contributed by atoms with van der Waals surface area (Å²) in [5.74, 6) is 0.657. The Morgan fingerprint density at radius 3 is 2.56 bits per heavy atom. The fourth-order valence-electron chi connectivity index (χ4n) is 3.59. The normalized spacial score (nSPS) is 33.6. The molecule has 3 atom stereocenters. The Bertz CT molecular complexity index is 376. The number of nitrogens with two attached hydrogens (primary N) is 1. The van der Waals surface area contributed by atoms with Gasteiger partial charge in [0.2, 0.25) is 0 Å². The van der Waals surface area contributed by atoms with E-state index in [1.54, 1.807) is 0 Å². The van der Waals surface area contributed by atoms with E-state index in [-0.39, 0.29) is 5.41 Å². The zero-order valence-corrected chi connectivity index (χ0v) is 11.9. The summed E-state index contributed by atoms with van der Waals surface area (Å²) in [6.45, 7) is 6.65. The molecule has 0 amide bonds. The number of piperidine rings is 1. The van der Waals surface area contributed by atoms with Gasteiger partial charge in [0, 0.05) is 18.0 Å². The lowest BCUT2D eigenvalue weighted by atomic mass is 9.63. The Morgan fingerprint density at radius 1 is 1.28 bits per heavy atom. The van der Waals surface area contributed by atoms with Crippen LogP contribution in [0.15, 0.2) is 30.3 Å². The highest BCUT2D eigenvalue weighted by atomic mass is 15.1. The van der Waals surface area contributed by atoms with E-state index in [0.29, 0.717) is 12.0 Å². The van der Waals surface area contributed by atoms with Crippen LogP contribution in [0.1, 0.15) is 32.3 Å². The molecule has 0 aromatic heterocycles. The summed E-state index contributed by atoms with van der Waals surface area (Å²) in [4.78, 5) is 2.47. The van der Waals surface area contributed by atoms with Crippen LogP contribution in [0.25, 0.3) is 0 Å². The van der Waals surface area contributed by atoms with Gasteiger partial charge in [0.05, 0.1) is 0 Å². The highest BCUT2D eigenvalue weighted by Crippen LogP contribution is 2.43. The van der Waals surface area contributed by atoms with Gasteiger partial charge in [-0.2, -0.15) is 0 Å². The molecule has 2 N–H and O–H groups in total. The highest BCUT2D eigenvalue weighted by Gasteiger charge is 2.42. The van der Waals surface area contributed by atoms with Crippen molar-refractivity contribution >= 4 is 0 Å². The predicted molar refractivity (Wildman–Crippen MR) is 77.7 cm³/mol. The summed E-state index contributed by atoms with van der Waals surface area (Å²) in [6, 6.07) is 11.6. The third kappa shape index (κ3) is 2.32. The number of likely N-dealkylation sites (tertiary alicyclic amines) is 1. The summed E-state index contributed by atoms with van der Waals surface area (Å²) in [5, 5.41) is 0. The van der Waals surface area contributed by atoms with Gasteiger partial charge in [0.15, 0.2) is 0 Å². The second kappa shape index (κ2) is 5.41. The zero-order chi connectivity index (χ0) is 13.2. The molecule has 2 rings (SSSR count). The minimum absolute atomic E-state index is 0.266. The smallest absolute Gasteiger partial charge is 0.00726 e. The topological polar surface area (TPSA) is 29.3 Å². The molecule has 1 aromatic rings. The fraction of sp³-hybridized carbons (Fsp3) is 0.625. The Hall–Kier alpha value is -0.860. The molecule has 0 saturated carbocycles. The first-order valence-corrected chi connectivity index (χ1v) is 7.06. The Labute approximate surface area is 111 Å². The van der Waals surface area contributed by atoms with Crippen LogP contribution in [0.4, 0.5) is 0 Å². The van der Waals surface area contributed by atoms with E-state index in [1.165, 1.54) is 12.0 Å². The first kappa shape index (κ1) is 13.6. The number of benzene rings is 1. The van der Waals surface area contributed by atoms with Crippen LogP contribution in [0.5, 0.6) is 0 Å². The molecule has 1 heterocycles. The lowest BCUT2D eigenvalue weighted by molar-refractivity contribution is 0.0704. The Kier molecular flexibility index (Phi) is 4.08. The standard InChI is InChI=1S/C16H26N2/c1-13-12-18(3)14(2)11-16(13,9-10-17)15-7-5-4-6-8-15/h4-8,13-14H,9-12,17H2,1-3H3/t13-,14+,16-/m0/s1. The quantitative estimate of drug-likeness (QED) is 0.888. The van der Waals surface area contributed by atoms with Crippen LogP contribution in [0, 0.1) is 5.92 Å². The van der Waals surface area contributed by atoms with E-state index >= 15 is 0 Å². The average molecular weight is 246 g/mol. The maximum absolute atomic E-state index is 5.91. The molecule has 1 aromatic carbocycles. The largest absolute Gasteiger partial charge is 0.330 e. The van der Waals surface area contributed by atoms with Crippen LogP contribution in [0.3, 0.4) is 0 Å². The summed E-state index contributed by atoms with van der Waals surface area (Å²) in [6.07, 6.45) is 2.31. The van der Waals surface area contributed by atoms with E-state index in [9.17, 15) is 0 Å². The predicted octanol–water partition coefficient (Wildman–Crippen LogP) is 2.63. The van der Waals surface area contributed by atoms with Gasteiger partial charge in [-0.1, -0.05) is 37.3 Å². The summed E-state index contributed by atoms with van der Waals surface area (Å²) in [7, 11) is 2.23. The SMILES string of the molecule is C[C@@H]1C[C@](CCN)(c2ccccc2)[C@@H](C)CN1C. The van der Waals surface area contributed by atoms with Crippen LogP contribution in [0.2, 0.25) is 0 Å². The summed E-state index contributed by atoms with van der Waals surface area (Å²) >= 11 is 0. The van der Waals surface area contributed by atoms with Gasteiger partial charge < -0.3 is 10.6 Å². The Morgan fingerprint density at radius 2 is 1.94 bits per heavy atom. The molecule has 0 bridgehead atoms. The van der Waals surface area contributed by atoms with Gasteiger partial charge in [0.25, 0.3) is 0 Å². The second-order valence-corrected chi connectivity index (χ2v) is 5.95. The third-order valence-electron chi connectivity index (χ3n) is 4.86. The fourth-order valence-corrected chi connectivity index (χ4v) is 3.59. The number of hydrogen-bond acceptors (Lipinski definition) is 2. The molecule has 1 aliphatic heterocycles. The highest BCUT2D eigenvalue weighted by molar-refractivity contribution is 5.28. The first-order chi connectivity index (χ1) is 8.60. The van der Waals surface area contributed by atoms with E-state index in [2.05, 4.69) is 56.1 Å². The molecule has 100 valence electrons. The van der Waals surface area contributed by atoms with Gasteiger partial charge in [-0.05, 0) is 44.8 Å². The van der Waals surface area contributed by atoms with Crippen molar-refractivity contribution in [3.8, 4) is 0 Å². The molecule has 0 radical (unpaired) electrons. The Balaban J connectivity index is 2.37. The van der Waals surface area contributed by atoms with Crippen LogP contribution < -0.4 is 5.73 Å². The van der Waals surface area contributed by atoms with Crippen molar-refractivity contribution in [1.82, 2.24) is 4.90 Å². The first-order valence-electron chi connectivity index (χ1n) is 7.06. The maximum atomic E-state index is 5.91. The van der Waals surface area contributed by atoms with Crippen molar-refractivity contribution in [2.24, 2.45) is 11.7 Å². The molecule has 1 fully saturated rings. The van der Waals surface area contributed by atoms with Crippen molar-refractivity contribution in [1.29, 1.82) is 0 Å². The van der Waals surface area contributed by atoms with Gasteiger partial charge in [0.1, 0.15) is 0 Å². The lowest BCUT2D eigenvalue weighted by Crippen LogP contribution is -2.52. The van der Waals surface area contributed by atoms with Gasteiger partial charge in [-0.15, -0.1) is 0 Å². The van der Waals surface area contributed by atoms with Crippen molar-refractivity contribution in [3.05, 3.63) is 35.9 Å². The van der Waals surface area contributed by atoms with Crippen molar-refractivity contribution < 1.29 is 0 Å². The van der Waals surface area contributed by atoms with E-state index in [4.69, 9.17) is 5.73 Å². The maximum Gasteiger partial charge on any atom is 0.00726 e. The molecule has 2 heteroatoms. The van der Waals surface area contributed by atoms with Gasteiger partial charge in [-0.25, -0.2) is 0 Å². The van der Waals surface area contributed by atoms with Crippen LogP contribution in [-0.2, 0) is 5.41 Å². The molecular weight excluding hydrogens is 220 g/mol. The second-order valence-electron chi connectivity index (χ2n) is 5.95. The average Bonchev–Trinajstić information content (AvgIpc) is 2.37. The van der Waals surface area contributed by atoms with E-state index in [1.807, 2.05) is 0 Å². The van der Waals surface area contributed by atoms with E-state index in [0.717, 1.165) is 19.5 Å². The van der Waals surface area contributed by atoms with Gasteiger partial charge >= 0.3 is 0 Å². The summed E-state index contributed by atoms with van der Waals surface area (Å²) < 4.78 is 0. The summed E-state index contributed by atoms with van der Waals surface area (Å²) in [5.41, 5.74) is 7.65. The monoisotopic (exact) mass is 246 g/mol. The molecule has 18 heavy (non-hydrogen) atoms. The lowest BCUT2D eigenvalue weighted by Gasteiger charge is -2.49. The molecule has 0 unspecified atom stereocenters. The molecule has 2 nitrogen and oxygen atoms in total. The number of hydrogen-bond donors (Lipinski definition) is 1. The number of rotatable bonds is 3. The molecule has 1 saturated heterocycles.